The molecule has 0 saturated heterocycles. The molecule has 0 aromatic carbocycles. The van der Waals surface area contributed by atoms with Gasteiger partial charge >= 0.3 is 12.1 Å². The largest absolute Gasteiger partial charge is 0.497 e. The zero-order valence-electron chi connectivity index (χ0n) is 7.62. The van der Waals surface area contributed by atoms with Crippen molar-refractivity contribution in [1.82, 2.24) is 0 Å². The van der Waals surface area contributed by atoms with Gasteiger partial charge < -0.3 is 4.74 Å². The van der Waals surface area contributed by atoms with Gasteiger partial charge in [-0.1, -0.05) is 0 Å². The van der Waals surface area contributed by atoms with Crippen LogP contribution in [-0.4, -0.2) is 24.5 Å². The zero-order valence-corrected chi connectivity index (χ0v) is 7.62. The topological polar surface area (TPSA) is 26.3 Å². The first-order chi connectivity index (χ1) is 6.68. The van der Waals surface area contributed by atoms with Gasteiger partial charge in [0.25, 0.3) is 0 Å². The number of ketones is 1. The third-order valence-electron chi connectivity index (χ3n) is 2.01. The van der Waals surface area contributed by atoms with Crippen LogP contribution in [0, 0.1) is 0 Å². The molecule has 1 aliphatic rings. The highest BCUT2D eigenvalue weighted by Gasteiger charge is 2.64. The molecule has 0 N–H and O–H groups in total. The minimum absolute atomic E-state index is 0.0408. The Balaban J connectivity index is 3.00. The predicted molar refractivity (Wildman–Crippen MR) is 39.3 cm³/mol. The van der Waals surface area contributed by atoms with E-state index in [1.54, 1.807) is 0 Å². The molecule has 0 bridgehead atoms. The lowest BCUT2D eigenvalue weighted by atomic mass is 10.0. The third-order valence-corrected chi connectivity index (χ3v) is 2.01. The molecule has 0 aromatic rings. The van der Waals surface area contributed by atoms with Crippen LogP contribution >= 0.6 is 0 Å². The molecule has 1 rings (SSSR count). The van der Waals surface area contributed by atoms with Gasteiger partial charge in [-0.25, -0.2) is 0 Å². The number of hydrogen-bond acceptors (Lipinski definition) is 2. The second-order valence-corrected chi connectivity index (χ2v) is 3.03. The first kappa shape index (κ1) is 11.9. The van der Waals surface area contributed by atoms with Crippen LogP contribution in [0.3, 0.4) is 0 Å². The number of hydrogen-bond donors (Lipinski definition) is 0. The number of rotatable bonds is 2. The van der Waals surface area contributed by atoms with Crippen molar-refractivity contribution in [1.29, 1.82) is 0 Å². The summed E-state index contributed by atoms with van der Waals surface area (Å²) in [4.78, 5) is 10.9. The Hall–Kier alpha value is -1.14. The van der Waals surface area contributed by atoms with Crippen molar-refractivity contribution < 1.29 is 31.5 Å². The molecule has 2 nitrogen and oxygen atoms in total. The maximum Gasteiger partial charge on any atom is 0.461 e. The van der Waals surface area contributed by atoms with Crippen LogP contribution in [0.15, 0.2) is 11.3 Å². The quantitative estimate of drug-likeness (QED) is 0.681. The summed E-state index contributed by atoms with van der Waals surface area (Å²) in [6.07, 6.45) is -6.07. The Morgan fingerprint density at radius 2 is 1.80 bits per heavy atom. The monoisotopic (exact) mass is 230 g/mol. The van der Waals surface area contributed by atoms with Crippen LogP contribution in [0.1, 0.15) is 13.3 Å². The van der Waals surface area contributed by atoms with E-state index in [4.69, 9.17) is 0 Å². The molecule has 7 heteroatoms. The summed E-state index contributed by atoms with van der Waals surface area (Å²) in [7, 11) is 0. The van der Waals surface area contributed by atoms with Gasteiger partial charge in [0.15, 0.2) is 0 Å². The summed E-state index contributed by atoms with van der Waals surface area (Å²) in [6, 6.07) is 0. The van der Waals surface area contributed by atoms with Crippen molar-refractivity contribution in [2.45, 2.75) is 25.4 Å². The van der Waals surface area contributed by atoms with E-state index in [-0.39, 0.29) is 18.8 Å². The highest BCUT2D eigenvalue weighted by Crippen LogP contribution is 2.39. The van der Waals surface area contributed by atoms with E-state index in [0.717, 1.165) is 0 Å². The van der Waals surface area contributed by atoms with Gasteiger partial charge in [0.1, 0.15) is 0 Å². The summed E-state index contributed by atoms with van der Waals surface area (Å²) in [5.74, 6) is -7.72. The van der Waals surface area contributed by atoms with E-state index in [2.05, 4.69) is 4.74 Å². The lowest BCUT2D eigenvalue weighted by Crippen LogP contribution is -2.44. The highest BCUT2D eigenvalue weighted by atomic mass is 19.4. The molecule has 0 saturated carbocycles. The van der Waals surface area contributed by atoms with E-state index < -0.39 is 23.5 Å². The van der Waals surface area contributed by atoms with Crippen LogP contribution in [0.4, 0.5) is 22.0 Å². The van der Waals surface area contributed by atoms with Crippen molar-refractivity contribution in [2.75, 3.05) is 6.61 Å². The number of allylic oxidation sites excluding steroid dienone is 1. The summed E-state index contributed by atoms with van der Waals surface area (Å²) >= 11 is 0. The Labute approximate surface area is 81.7 Å². The number of carbonyl (C=O) groups is 1. The molecule has 0 spiro atoms. The lowest BCUT2D eigenvalue weighted by molar-refractivity contribution is -0.266. The van der Waals surface area contributed by atoms with Gasteiger partial charge in [0, 0.05) is 12.0 Å². The SMILES string of the molecule is CC1=C(C(=O)C(F)(F)C(F)(F)F)CCO1. The fourth-order valence-electron chi connectivity index (χ4n) is 1.16. The molecule has 0 unspecified atom stereocenters. The highest BCUT2D eigenvalue weighted by molar-refractivity contribution is 6.01. The van der Waals surface area contributed by atoms with Gasteiger partial charge in [-0.2, -0.15) is 22.0 Å². The van der Waals surface area contributed by atoms with Crippen molar-refractivity contribution in [3.63, 3.8) is 0 Å². The van der Waals surface area contributed by atoms with E-state index in [9.17, 15) is 26.7 Å². The molecule has 15 heavy (non-hydrogen) atoms. The summed E-state index contributed by atoms with van der Waals surface area (Å²) in [5.41, 5.74) is -0.586. The molecule has 1 heterocycles. The van der Waals surface area contributed by atoms with Crippen LogP contribution in [0.5, 0.6) is 0 Å². The Kier molecular flexibility index (Phi) is 2.75. The summed E-state index contributed by atoms with van der Waals surface area (Å²) < 4.78 is 65.3. The molecular weight excluding hydrogens is 223 g/mol. The standard InChI is InChI=1S/C8H7F5O2/c1-4-5(2-3-15-4)6(14)7(9,10)8(11,12)13/h2-3H2,1H3. The summed E-state index contributed by atoms with van der Waals surface area (Å²) in [5, 5.41) is 0. The van der Waals surface area contributed by atoms with Crippen molar-refractivity contribution >= 4 is 5.78 Å². The van der Waals surface area contributed by atoms with Crippen LogP contribution in [0.2, 0.25) is 0 Å². The first-order valence-electron chi connectivity index (χ1n) is 4.00. The smallest absolute Gasteiger partial charge is 0.461 e. The average Bonchev–Trinajstić information content (AvgIpc) is 2.48. The second-order valence-electron chi connectivity index (χ2n) is 3.03. The molecule has 0 aromatic heterocycles. The molecule has 0 fully saturated rings. The van der Waals surface area contributed by atoms with Gasteiger partial charge in [0.2, 0.25) is 5.78 Å². The fraction of sp³-hybridized carbons (Fsp3) is 0.625. The number of ether oxygens (including phenoxy) is 1. The van der Waals surface area contributed by atoms with Crippen molar-refractivity contribution in [3.8, 4) is 0 Å². The lowest BCUT2D eigenvalue weighted by Gasteiger charge is -2.18. The van der Waals surface area contributed by atoms with E-state index in [1.165, 1.54) is 6.92 Å². The maximum absolute atomic E-state index is 12.6. The third kappa shape index (κ3) is 1.95. The van der Waals surface area contributed by atoms with Crippen molar-refractivity contribution in [3.05, 3.63) is 11.3 Å². The molecule has 1 aliphatic heterocycles. The van der Waals surface area contributed by atoms with Crippen LogP contribution in [0.25, 0.3) is 0 Å². The predicted octanol–water partition coefficient (Wildman–Crippen LogP) is 2.45. The van der Waals surface area contributed by atoms with E-state index in [1.807, 2.05) is 0 Å². The van der Waals surface area contributed by atoms with Gasteiger partial charge in [-0.05, 0) is 6.92 Å². The molecule has 0 amide bonds. The number of alkyl halides is 5. The fourth-order valence-corrected chi connectivity index (χ4v) is 1.16. The molecule has 0 radical (unpaired) electrons. The van der Waals surface area contributed by atoms with E-state index >= 15 is 0 Å². The Morgan fingerprint density at radius 1 is 1.27 bits per heavy atom. The van der Waals surface area contributed by atoms with Gasteiger partial charge in [-0.3, -0.25) is 4.79 Å². The molecule has 0 aliphatic carbocycles. The molecule has 86 valence electrons. The zero-order chi connectivity index (χ0) is 11.9. The number of carbonyl (C=O) groups excluding carboxylic acids is 1. The minimum atomic E-state index is -5.86. The molecule has 0 atom stereocenters. The van der Waals surface area contributed by atoms with Gasteiger partial charge in [-0.15, -0.1) is 0 Å². The van der Waals surface area contributed by atoms with Gasteiger partial charge in [0.05, 0.1) is 12.4 Å². The van der Waals surface area contributed by atoms with Crippen molar-refractivity contribution in [2.24, 2.45) is 0 Å². The second kappa shape index (κ2) is 3.46. The van der Waals surface area contributed by atoms with E-state index in [0.29, 0.717) is 0 Å². The Bertz CT molecular complexity index is 315. The number of halogens is 5. The first-order valence-corrected chi connectivity index (χ1v) is 4.00. The molecular formula is C8H7F5O2. The average molecular weight is 230 g/mol. The van der Waals surface area contributed by atoms with Crippen LogP contribution < -0.4 is 0 Å². The van der Waals surface area contributed by atoms with Crippen LogP contribution in [-0.2, 0) is 9.53 Å². The normalized spacial score (nSPS) is 18.0. The number of Topliss-reactive ketones (excluding diaryl/α,β-unsaturated/α-hetero) is 1. The Morgan fingerprint density at radius 3 is 2.13 bits per heavy atom. The minimum Gasteiger partial charge on any atom is -0.497 e. The summed E-state index contributed by atoms with van der Waals surface area (Å²) in [6.45, 7) is 1.15. The maximum atomic E-state index is 12.6.